The van der Waals surface area contributed by atoms with Crippen LogP contribution in [0.5, 0.6) is 0 Å². The third-order valence-corrected chi connectivity index (χ3v) is 1.78. The molecule has 0 aliphatic carbocycles. The van der Waals surface area contributed by atoms with Crippen LogP contribution in [0.1, 0.15) is 53.4 Å². The quantitative estimate of drug-likeness (QED) is 0.486. The molecule has 82 valence electrons. The van der Waals surface area contributed by atoms with Crippen LogP contribution in [0.2, 0.25) is 0 Å². The van der Waals surface area contributed by atoms with E-state index < -0.39 is 0 Å². The Balaban J connectivity index is 3.95. The van der Waals surface area contributed by atoms with E-state index in [9.17, 15) is 4.39 Å². The van der Waals surface area contributed by atoms with E-state index in [1.807, 2.05) is 20.8 Å². The lowest BCUT2D eigenvalue weighted by Gasteiger charge is -2.24. The van der Waals surface area contributed by atoms with Gasteiger partial charge in [-0.25, -0.2) is 0 Å². The van der Waals surface area contributed by atoms with Crippen LogP contribution in [0.25, 0.3) is 0 Å². The van der Waals surface area contributed by atoms with Crippen molar-refractivity contribution in [2.24, 2.45) is 0 Å². The lowest BCUT2D eigenvalue weighted by molar-refractivity contribution is -0.0375. The summed E-state index contributed by atoms with van der Waals surface area (Å²) >= 11 is 0. The summed E-state index contributed by atoms with van der Waals surface area (Å²) in [5.41, 5.74) is -0.249. The SMILES string of the molecule is CCCCCC(C#CF)OC(C)(C)C. The molecule has 0 aromatic carbocycles. The zero-order chi connectivity index (χ0) is 11.0. The summed E-state index contributed by atoms with van der Waals surface area (Å²) in [6.45, 7) is 8.01. The molecule has 0 N–H and O–H groups in total. The highest BCUT2D eigenvalue weighted by molar-refractivity contribution is 4.99. The van der Waals surface area contributed by atoms with E-state index in [2.05, 4.69) is 12.8 Å². The van der Waals surface area contributed by atoms with Gasteiger partial charge in [-0.2, -0.15) is 0 Å². The van der Waals surface area contributed by atoms with E-state index in [1.165, 1.54) is 6.17 Å². The second kappa shape index (κ2) is 6.84. The van der Waals surface area contributed by atoms with Gasteiger partial charge in [0.05, 0.1) is 5.60 Å². The van der Waals surface area contributed by atoms with Gasteiger partial charge < -0.3 is 4.74 Å². The van der Waals surface area contributed by atoms with Crippen LogP contribution in [-0.2, 0) is 4.74 Å². The van der Waals surface area contributed by atoms with Gasteiger partial charge >= 0.3 is 0 Å². The third kappa shape index (κ3) is 8.07. The van der Waals surface area contributed by atoms with Gasteiger partial charge in [0, 0.05) is 0 Å². The molecule has 1 unspecified atom stereocenters. The Morgan fingerprint density at radius 2 is 1.93 bits per heavy atom. The van der Waals surface area contributed by atoms with Gasteiger partial charge in [0.1, 0.15) is 12.3 Å². The molecule has 14 heavy (non-hydrogen) atoms. The molecule has 0 amide bonds. The summed E-state index contributed by atoms with van der Waals surface area (Å²) in [5, 5.41) is 0. The topological polar surface area (TPSA) is 9.23 Å². The minimum absolute atomic E-state index is 0.249. The fourth-order valence-corrected chi connectivity index (χ4v) is 1.23. The van der Waals surface area contributed by atoms with Gasteiger partial charge in [0.15, 0.2) is 0 Å². The monoisotopic (exact) mass is 200 g/mol. The highest BCUT2D eigenvalue weighted by atomic mass is 19.1. The molecule has 1 nitrogen and oxygen atoms in total. The summed E-state index contributed by atoms with van der Waals surface area (Å²) in [6.07, 6.45) is 5.36. The standard InChI is InChI=1S/C12H21FO/c1-5-6-7-8-11(9-10-13)14-12(2,3)4/h11H,5-8H2,1-4H3. The Bertz CT molecular complexity index is 195. The van der Waals surface area contributed by atoms with Crippen molar-refractivity contribution in [1.29, 1.82) is 0 Å². The first kappa shape index (κ1) is 13.4. The molecule has 1 atom stereocenters. The molecule has 0 spiro atoms. The van der Waals surface area contributed by atoms with E-state index in [1.54, 1.807) is 0 Å². The molecule has 0 fully saturated rings. The van der Waals surface area contributed by atoms with Gasteiger partial charge in [0.2, 0.25) is 0 Å². The van der Waals surface area contributed by atoms with Crippen LogP contribution >= 0.6 is 0 Å². The number of rotatable bonds is 5. The van der Waals surface area contributed by atoms with Gasteiger partial charge in [-0.15, -0.1) is 4.39 Å². The van der Waals surface area contributed by atoms with Crippen LogP contribution in [0.4, 0.5) is 4.39 Å². The van der Waals surface area contributed by atoms with Crippen molar-refractivity contribution in [2.45, 2.75) is 65.1 Å². The molecule has 0 heterocycles. The van der Waals surface area contributed by atoms with E-state index in [0.29, 0.717) is 0 Å². The maximum absolute atomic E-state index is 11.9. The minimum Gasteiger partial charge on any atom is -0.360 e. The van der Waals surface area contributed by atoms with Crippen LogP contribution in [-0.4, -0.2) is 11.7 Å². The molecule has 0 saturated heterocycles. The Hall–Kier alpha value is -0.550. The van der Waals surface area contributed by atoms with Crippen molar-refractivity contribution in [3.63, 3.8) is 0 Å². The molecule has 0 aromatic heterocycles. The first-order valence-corrected chi connectivity index (χ1v) is 5.28. The second-order valence-electron chi connectivity index (χ2n) is 4.45. The molecule has 0 aromatic rings. The van der Waals surface area contributed by atoms with Crippen LogP contribution in [0.15, 0.2) is 0 Å². The Labute approximate surface area is 87.0 Å². The summed E-state index contributed by atoms with van der Waals surface area (Å²) in [6, 6.07) is 0. The van der Waals surface area contributed by atoms with Gasteiger partial charge in [0.25, 0.3) is 0 Å². The van der Waals surface area contributed by atoms with Crippen molar-refractivity contribution in [3.05, 3.63) is 0 Å². The molecule has 0 radical (unpaired) electrons. The molecule has 2 heteroatoms. The van der Waals surface area contributed by atoms with Crippen molar-refractivity contribution in [2.75, 3.05) is 0 Å². The summed E-state index contributed by atoms with van der Waals surface area (Å²) < 4.78 is 17.5. The number of hydrogen-bond donors (Lipinski definition) is 0. The summed E-state index contributed by atoms with van der Waals surface area (Å²) in [5.74, 6) is 2.46. The van der Waals surface area contributed by atoms with Crippen LogP contribution in [0, 0.1) is 12.1 Å². The van der Waals surface area contributed by atoms with Gasteiger partial charge in [-0.3, -0.25) is 0 Å². The molecule has 0 bridgehead atoms. The number of halogens is 1. The Morgan fingerprint density at radius 1 is 1.29 bits per heavy atom. The smallest absolute Gasteiger partial charge is 0.121 e. The average molecular weight is 200 g/mol. The lowest BCUT2D eigenvalue weighted by atomic mass is 10.1. The van der Waals surface area contributed by atoms with Crippen LogP contribution in [0.3, 0.4) is 0 Å². The number of hydrogen-bond acceptors (Lipinski definition) is 1. The van der Waals surface area contributed by atoms with E-state index in [0.717, 1.165) is 25.7 Å². The molecule has 0 aliphatic heterocycles. The first-order chi connectivity index (χ1) is 6.49. The molecular weight excluding hydrogens is 179 g/mol. The summed E-state index contributed by atoms with van der Waals surface area (Å²) in [7, 11) is 0. The second-order valence-corrected chi connectivity index (χ2v) is 4.45. The average Bonchev–Trinajstić information content (AvgIpc) is 2.02. The fraction of sp³-hybridized carbons (Fsp3) is 0.833. The predicted octanol–water partition coefficient (Wildman–Crippen LogP) is 3.68. The molecule has 0 saturated carbocycles. The Morgan fingerprint density at radius 3 is 2.36 bits per heavy atom. The van der Waals surface area contributed by atoms with E-state index in [-0.39, 0.29) is 11.7 Å². The van der Waals surface area contributed by atoms with E-state index in [4.69, 9.17) is 4.74 Å². The zero-order valence-corrected chi connectivity index (χ0v) is 9.69. The molecule has 0 aliphatic rings. The number of ether oxygens (including phenoxy) is 1. The van der Waals surface area contributed by atoms with Crippen molar-refractivity contribution >= 4 is 0 Å². The third-order valence-electron chi connectivity index (χ3n) is 1.78. The zero-order valence-electron chi connectivity index (χ0n) is 9.69. The first-order valence-electron chi connectivity index (χ1n) is 5.28. The fourth-order valence-electron chi connectivity index (χ4n) is 1.23. The molecule has 0 rings (SSSR count). The summed E-state index contributed by atoms with van der Waals surface area (Å²) in [4.78, 5) is 0. The normalized spacial score (nSPS) is 13.2. The lowest BCUT2D eigenvalue weighted by Crippen LogP contribution is -2.26. The predicted molar refractivity (Wildman–Crippen MR) is 57.7 cm³/mol. The van der Waals surface area contributed by atoms with E-state index >= 15 is 0 Å². The van der Waals surface area contributed by atoms with Crippen LogP contribution < -0.4 is 0 Å². The van der Waals surface area contributed by atoms with Gasteiger partial charge in [-0.05, 0) is 39.5 Å². The van der Waals surface area contributed by atoms with Crippen molar-refractivity contribution < 1.29 is 9.13 Å². The largest absolute Gasteiger partial charge is 0.360 e. The highest BCUT2D eigenvalue weighted by Gasteiger charge is 2.16. The van der Waals surface area contributed by atoms with Gasteiger partial charge in [-0.1, -0.05) is 19.8 Å². The van der Waals surface area contributed by atoms with Crippen molar-refractivity contribution in [3.8, 4) is 12.1 Å². The highest BCUT2D eigenvalue weighted by Crippen LogP contribution is 2.15. The maximum Gasteiger partial charge on any atom is 0.121 e. The Kier molecular flexibility index (Phi) is 6.57. The maximum atomic E-state index is 11.9. The minimum atomic E-state index is -0.258. The van der Waals surface area contributed by atoms with Crippen molar-refractivity contribution in [1.82, 2.24) is 0 Å². The number of unbranched alkanes of at least 4 members (excludes halogenated alkanes) is 2. The molecular formula is C12H21FO.